The van der Waals surface area contributed by atoms with Gasteiger partial charge < -0.3 is 5.32 Å². The van der Waals surface area contributed by atoms with Gasteiger partial charge in [0.05, 0.1) is 17.9 Å². The fourth-order valence-corrected chi connectivity index (χ4v) is 2.92. The fourth-order valence-electron chi connectivity index (χ4n) is 2.66. The first-order valence-corrected chi connectivity index (χ1v) is 9.14. The lowest BCUT2D eigenvalue weighted by molar-refractivity contribution is -0.117. The largest absolute Gasteiger partial charge is 0.345 e. The van der Waals surface area contributed by atoms with Crippen LogP contribution in [0.25, 0.3) is 17.3 Å². The smallest absolute Gasteiger partial charge is 0.262 e. The molecule has 3 rings (SSSR count). The SMILES string of the molecule is C[C@@H](NC(=O)/C(C#N)=C\c1cn[nH]c1-c1ccc(Br)cc1)c1ccccc1. The molecule has 6 heteroatoms. The Morgan fingerprint density at radius 2 is 1.93 bits per heavy atom. The maximum absolute atomic E-state index is 12.5. The van der Waals surface area contributed by atoms with Crippen molar-refractivity contribution in [3.8, 4) is 17.3 Å². The van der Waals surface area contributed by atoms with Gasteiger partial charge in [0.1, 0.15) is 11.6 Å². The van der Waals surface area contributed by atoms with Crippen LogP contribution in [0.1, 0.15) is 24.1 Å². The zero-order valence-corrected chi connectivity index (χ0v) is 16.2. The van der Waals surface area contributed by atoms with Crippen LogP contribution in [0.15, 0.2) is 70.8 Å². The molecule has 1 amide bonds. The Hall–Kier alpha value is -3.17. The normalized spacial score (nSPS) is 12.3. The number of hydrogen-bond donors (Lipinski definition) is 2. The average Bonchev–Trinajstić information content (AvgIpc) is 3.15. The number of nitriles is 1. The van der Waals surface area contributed by atoms with E-state index in [-0.39, 0.29) is 11.6 Å². The first-order valence-electron chi connectivity index (χ1n) is 8.35. The molecular weight excluding hydrogens is 404 g/mol. The molecule has 3 aromatic rings. The summed E-state index contributed by atoms with van der Waals surface area (Å²) in [6, 6.07) is 19.1. The molecule has 0 unspecified atom stereocenters. The van der Waals surface area contributed by atoms with Gasteiger partial charge in [-0.15, -0.1) is 0 Å². The quantitative estimate of drug-likeness (QED) is 0.466. The maximum atomic E-state index is 12.5. The van der Waals surface area contributed by atoms with E-state index in [1.54, 1.807) is 12.3 Å². The Bertz CT molecular complexity index is 1000. The van der Waals surface area contributed by atoms with Gasteiger partial charge in [0.2, 0.25) is 0 Å². The summed E-state index contributed by atoms with van der Waals surface area (Å²) < 4.78 is 0.967. The second kappa shape index (κ2) is 8.47. The van der Waals surface area contributed by atoms with Crippen LogP contribution in [0.2, 0.25) is 0 Å². The molecule has 0 spiro atoms. The van der Waals surface area contributed by atoms with Gasteiger partial charge in [-0.2, -0.15) is 10.4 Å². The van der Waals surface area contributed by atoms with Crippen LogP contribution in [-0.2, 0) is 4.79 Å². The number of H-pyrrole nitrogens is 1. The Morgan fingerprint density at radius 1 is 1.22 bits per heavy atom. The number of hydrogen-bond acceptors (Lipinski definition) is 3. The summed E-state index contributed by atoms with van der Waals surface area (Å²) >= 11 is 3.41. The van der Waals surface area contributed by atoms with Crippen LogP contribution in [0.3, 0.4) is 0 Å². The summed E-state index contributed by atoms with van der Waals surface area (Å²) in [5, 5.41) is 19.3. The van der Waals surface area contributed by atoms with Crippen LogP contribution >= 0.6 is 15.9 Å². The number of nitrogens with zero attached hydrogens (tertiary/aromatic N) is 2. The summed E-state index contributed by atoms with van der Waals surface area (Å²) in [4.78, 5) is 12.5. The Labute approximate surface area is 165 Å². The summed E-state index contributed by atoms with van der Waals surface area (Å²) in [6.07, 6.45) is 3.15. The van der Waals surface area contributed by atoms with Crippen LogP contribution in [0.5, 0.6) is 0 Å². The topological polar surface area (TPSA) is 81.6 Å². The summed E-state index contributed by atoms with van der Waals surface area (Å²) in [5.41, 5.74) is 3.34. The molecule has 0 saturated carbocycles. The van der Waals surface area contributed by atoms with E-state index in [1.807, 2.05) is 67.6 Å². The second-order valence-corrected chi connectivity index (χ2v) is 6.90. The molecular formula is C21H17BrN4O. The van der Waals surface area contributed by atoms with E-state index in [9.17, 15) is 10.1 Å². The molecule has 0 aliphatic rings. The van der Waals surface area contributed by atoms with E-state index >= 15 is 0 Å². The molecule has 27 heavy (non-hydrogen) atoms. The highest BCUT2D eigenvalue weighted by molar-refractivity contribution is 9.10. The standard InChI is InChI=1S/C21H17BrN4O/c1-14(15-5-3-2-4-6-15)25-21(27)17(12-23)11-18-13-24-26-20(18)16-7-9-19(22)10-8-16/h2-11,13-14H,1H3,(H,24,26)(H,25,27)/b17-11-/t14-/m1/s1. The molecule has 1 aromatic heterocycles. The molecule has 134 valence electrons. The molecule has 0 bridgehead atoms. The van der Waals surface area contributed by atoms with Crippen molar-refractivity contribution < 1.29 is 4.79 Å². The number of rotatable bonds is 5. The van der Waals surface area contributed by atoms with Gasteiger partial charge in [0.15, 0.2) is 0 Å². The third kappa shape index (κ3) is 4.52. The van der Waals surface area contributed by atoms with Crippen molar-refractivity contribution in [3.63, 3.8) is 0 Å². The average molecular weight is 421 g/mol. The molecule has 2 aromatic carbocycles. The maximum Gasteiger partial charge on any atom is 0.262 e. The van der Waals surface area contributed by atoms with Gasteiger partial charge in [-0.05, 0) is 30.7 Å². The highest BCUT2D eigenvalue weighted by atomic mass is 79.9. The van der Waals surface area contributed by atoms with E-state index in [0.29, 0.717) is 5.56 Å². The molecule has 1 atom stereocenters. The first-order chi connectivity index (χ1) is 13.1. The van der Waals surface area contributed by atoms with Crippen LogP contribution in [0.4, 0.5) is 0 Å². The fraction of sp³-hybridized carbons (Fsp3) is 0.0952. The number of halogens is 1. The van der Waals surface area contributed by atoms with Crippen molar-refractivity contribution >= 4 is 27.9 Å². The van der Waals surface area contributed by atoms with Gasteiger partial charge in [-0.3, -0.25) is 9.89 Å². The zero-order valence-electron chi connectivity index (χ0n) is 14.6. The van der Waals surface area contributed by atoms with E-state index in [4.69, 9.17) is 0 Å². The second-order valence-electron chi connectivity index (χ2n) is 5.98. The predicted octanol–water partition coefficient (Wildman–Crippen LogP) is 4.62. The van der Waals surface area contributed by atoms with Gasteiger partial charge in [0.25, 0.3) is 5.91 Å². The van der Waals surface area contributed by atoms with E-state index in [0.717, 1.165) is 21.3 Å². The molecule has 0 fully saturated rings. The van der Waals surface area contributed by atoms with Gasteiger partial charge in [-0.25, -0.2) is 0 Å². The van der Waals surface area contributed by atoms with Crippen molar-refractivity contribution in [1.82, 2.24) is 15.5 Å². The van der Waals surface area contributed by atoms with Crippen molar-refractivity contribution in [2.45, 2.75) is 13.0 Å². The zero-order chi connectivity index (χ0) is 19.2. The van der Waals surface area contributed by atoms with Crippen LogP contribution in [0, 0.1) is 11.3 Å². The van der Waals surface area contributed by atoms with E-state index in [1.165, 1.54) is 0 Å². The minimum Gasteiger partial charge on any atom is -0.345 e. The first kappa shape index (κ1) is 18.6. The van der Waals surface area contributed by atoms with Gasteiger partial charge in [0, 0.05) is 15.6 Å². The van der Waals surface area contributed by atoms with Crippen molar-refractivity contribution in [1.29, 1.82) is 5.26 Å². The molecule has 0 aliphatic heterocycles. The third-order valence-electron chi connectivity index (χ3n) is 4.11. The highest BCUT2D eigenvalue weighted by Crippen LogP contribution is 2.25. The lowest BCUT2D eigenvalue weighted by Crippen LogP contribution is -2.27. The van der Waals surface area contributed by atoms with Gasteiger partial charge in [-0.1, -0.05) is 58.4 Å². The van der Waals surface area contributed by atoms with E-state index in [2.05, 4.69) is 31.4 Å². The number of carbonyl (C=O) groups is 1. The van der Waals surface area contributed by atoms with Crippen LogP contribution < -0.4 is 5.32 Å². The predicted molar refractivity (Wildman–Crippen MR) is 108 cm³/mol. The number of carbonyl (C=O) groups excluding carboxylic acids is 1. The number of aromatic nitrogens is 2. The van der Waals surface area contributed by atoms with Crippen molar-refractivity contribution in [2.24, 2.45) is 0 Å². The molecule has 0 radical (unpaired) electrons. The Balaban J connectivity index is 1.83. The number of amides is 1. The summed E-state index contributed by atoms with van der Waals surface area (Å²) in [7, 11) is 0. The Morgan fingerprint density at radius 3 is 2.59 bits per heavy atom. The minimum atomic E-state index is -0.420. The van der Waals surface area contributed by atoms with Crippen molar-refractivity contribution in [2.75, 3.05) is 0 Å². The van der Waals surface area contributed by atoms with E-state index < -0.39 is 5.91 Å². The molecule has 5 nitrogen and oxygen atoms in total. The molecule has 0 aliphatic carbocycles. The molecule has 0 saturated heterocycles. The summed E-state index contributed by atoms with van der Waals surface area (Å²) in [6.45, 7) is 1.88. The number of benzene rings is 2. The molecule has 2 N–H and O–H groups in total. The number of aromatic amines is 1. The monoisotopic (exact) mass is 420 g/mol. The molecule has 1 heterocycles. The summed E-state index contributed by atoms with van der Waals surface area (Å²) in [5.74, 6) is -0.420. The lowest BCUT2D eigenvalue weighted by Gasteiger charge is -2.13. The van der Waals surface area contributed by atoms with Crippen molar-refractivity contribution in [3.05, 3.63) is 82.0 Å². The minimum absolute atomic E-state index is 0.0255. The lowest BCUT2D eigenvalue weighted by atomic mass is 10.1. The highest BCUT2D eigenvalue weighted by Gasteiger charge is 2.15. The number of nitrogens with one attached hydrogen (secondary N) is 2. The Kier molecular flexibility index (Phi) is 5.84. The third-order valence-corrected chi connectivity index (χ3v) is 4.64. The van der Waals surface area contributed by atoms with Crippen LogP contribution in [-0.4, -0.2) is 16.1 Å². The van der Waals surface area contributed by atoms with Gasteiger partial charge >= 0.3 is 0 Å².